The summed E-state index contributed by atoms with van der Waals surface area (Å²) in [6, 6.07) is 0. The van der Waals surface area contributed by atoms with Gasteiger partial charge in [-0.1, -0.05) is 26.7 Å². The molecule has 0 aliphatic carbocycles. The van der Waals surface area contributed by atoms with E-state index in [0.717, 1.165) is 38.8 Å². The maximum absolute atomic E-state index is 12.8. The maximum atomic E-state index is 12.8. The lowest BCUT2D eigenvalue weighted by molar-refractivity contribution is -0.147. The second-order valence-electron chi connectivity index (χ2n) is 5.62. The lowest BCUT2D eigenvalue weighted by Crippen LogP contribution is -2.51. The van der Waals surface area contributed by atoms with Gasteiger partial charge in [-0.15, -0.1) is 0 Å². The monoisotopic (exact) mass is 270 g/mol. The predicted molar refractivity (Wildman–Crippen MR) is 77.9 cm³/mol. The Balaban J connectivity index is 2.75. The van der Waals surface area contributed by atoms with Gasteiger partial charge in [0.05, 0.1) is 5.41 Å². The van der Waals surface area contributed by atoms with Crippen LogP contribution in [0.1, 0.15) is 46.5 Å². The first-order valence-corrected chi connectivity index (χ1v) is 7.70. The third kappa shape index (κ3) is 3.93. The highest BCUT2D eigenvalue weighted by molar-refractivity contribution is 5.83. The van der Waals surface area contributed by atoms with Crippen LogP contribution >= 0.6 is 0 Å². The molecule has 0 atom stereocenters. The van der Waals surface area contributed by atoms with Crippen molar-refractivity contribution in [2.24, 2.45) is 17.1 Å². The number of amides is 1. The molecule has 19 heavy (non-hydrogen) atoms. The highest BCUT2D eigenvalue weighted by atomic mass is 16.5. The van der Waals surface area contributed by atoms with Crippen molar-refractivity contribution in [2.45, 2.75) is 46.5 Å². The van der Waals surface area contributed by atoms with Gasteiger partial charge in [0.25, 0.3) is 0 Å². The molecule has 1 heterocycles. The first kappa shape index (κ1) is 16.4. The van der Waals surface area contributed by atoms with E-state index in [1.165, 1.54) is 0 Å². The molecule has 2 N–H and O–H groups in total. The largest absolute Gasteiger partial charge is 0.381 e. The molecule has 1 saturated heterocycles. The fraction of sp³-hybridized carbons (Fsp3) is 0.933. The lowest BCUT2D eigenvalue weighted by Gasteiger charge is -2.39. The van der Waals surface area contributed by atoms with Crippen molar-refractivity contribution < 1.29 is 9.53 Å². The van der Waals surface area contributed by atoms with Gasteiger partial charge in [0.2, 0.25) is 5.91 Å². The molecule has 1 rings (SSSR count). The van der Waals surface area contributed by atoms with Gasteiger partial charge in [0.15, 0.2) is 0 Å². The molecule has 112 valence electrons. The summed E-state index contributed by atoms with van der Waals surface area (Å²) < 4.78 is 5.39. The summed E-state index contributed by atoms with van der Waals surface area (Å²) >= 11 is 0. The topological polar surface area (TPSA) is 55.6 Å². The van der Waals surface area contributed by atoms with Crippen LogP contribution in [0.5, 0.6) is 0 Å². The Labute approximate surface area is 117 Å². The van der Waals surface area contributed by atoms with Crippen LogP contribution < -0.4 is 5.73 Å². The molecule has 0 saturated carbocycles. The third-order valence-corrected chi connectivity index (χ3v) is 4.60. The van der Waals surface area contributed by atoms with Gasteiger partial charge in [0.1, 0.15) is 0 Å². The van der Waals surface area contributed by atoms with Crippen molar-refractivity contribution in [2.75, 3.05) is 32.8 Å². The number of nitrogens with two attached hydrogens (primary N) is 1. The molecule has 1 aliphatic rings. The van der Waals surface area contributed by atoms with Crippen molar-refractivity contribution in [1.82, 2.24) is 4.90 Å². The molecule has 0 spiro atoms. The molecule has 4 heteroatoms. The van der Waals surface area contributed by atoms with Gasteiger partial charge in [-0.2, -0.15) is 0 Å². The van der Waals surface area contributed by atoms with Crippen LogP contribution in [0.3, 0.4) is 0 Å². The van der Waals surface area contributed by atoms with Gasteiger partial charge in [-0.3, -0.25) is 4.79 Å². The van der Waals surface area contributed by atoms with Crippen LogP contribution in [0.2, 0.25) is 0 Å². The Morgan fingerprint density at radius 2 is 1.84 bits per heavy atom. The lowest BCUT2D eigenvalue weighted by atomic mass is 9.78. The molecule has 0 aromatic carbocycles. The van der Waals surface area contributed by atoms with Gasteiger partial charge in [0, 0.05) is 32.8 Å². The minimum atomic E-state index is -0.375. The molecular weight excluding hydrogens is 240 g/mol. The average Bonchev–Trinajstić information content (AvgIpc) is 2.48. The molecule has 4 nitrogen and oxygen atoms in total. The number of hydrogen-bond acceptors (Lipinski definition) is 3. The summed E-state index contributed by atoms with van der Waals surface area (Å²) in [6.07, 6.45) is 3.78. The van der Waals surface area contributed by atoms with Crippen LogP contribution in [0.4, 0.5) is 0 Å². The second-order valence-corrected chi connectivity index (χ2v) is 5.62. The SMILES string of the molecule is CCC(CC)CN(CC)C(=O)C1(CN)CCOCC1. The zero-order chi connectivity index (χ0) is 14.3. The van der Waals surface area contributed by atoms with Crippen LogP contribution in [0.25, 0.3) is 0 Å². The molecule has 0 unspecified atom stereocenters. The van der Waals surface area contributed by atoms with Crippen LogP contribution in [0.15, 0.2) is 0 Å². The number of hydrogen-bond donors (Lipinski definition) is 1. The Morgan fingerprint density at radius 1 is 1.26 bits per heavy atom. The van der Waals surface area contributed by atoms with Gasteiger partial charge in [-0.25, -0.2) is 0 Å². The van der Waals surface area contributed by atoms with Crippen molar-refractivity contribution in [3.05, 3.63) is 0 Å². The molecular formula is C15H30N2O2. The molecule has 0 aromatic rings. The zero-order valence-electron chi connectivity index (χ0n) is 12.8. The van der Waals surface area contributed by atoms with Crippen molar-refractivity contribution >= 4 is 5.91 Å². The zero-order valence-corrected chi connectivity index (χ0v) is 12.8. The molecule has 0 radical (unpaired) electrons. The first-order valence-electron chi connectivity index (χ1n) is 7.70. The number of carbonyl (C=O) groups is 1. The van der Waals surface area contributed by atoms with Crippen LogP contribution in [0, 0.1) is 11.3 Å². The predicted octanol–water partition coefficient (Wildman–Crippen LogP) is 2.03. The van der Waals surface area contributed by atoms with Crippen molar-refractivity contribution in [3.63, 3.8) is 0 Å². The normalized spacial score (nSPS) is 18.6. The smallest absolute Gasteiger partial charge is 0.230 e. The number of nitrogens with zero attached hydrogens (tertiary/aromatic N) is 1. The highest BCUT2D eigenvalue weighted by Gasteiger charge is 2.41. The molecule has 1 fully saturated rings. The first-order chi connectivity index (χ1) is 9.13. The van der Waals surface area contributed by atoms with Gasteiger partial charge >= 0.3 is 0 Å². The van der Waals surface area contributed by atoms with Gasteiger partial charge < -0.3 is 15.4 Å². The van der Waals surface area contributed by atoms with E-state index in [1.54, 1.807) is 0 Å². The summed E-state index contributed by atoms with van der Waals surface area (Å²) in [4.78, 5) is 14.8. The van der Waals surface area contributed by atoms with E-state index in [-0.39, 0.29) is 11.3 Å². The molecule has 0 aromatic heterocycles. The van der Waals surface area contributed by atoms with Gasteiger partial charge in [-0.05, 0) is 25.7 Å². The fourth-order valence-corrected chi connectivity index (χ4v) is 2.82. The van der Waals surface area contributed by atoms with E-state index in [9.17, 15) is 4.79 Å². The van der Waals surface area contributed by atoms with E-state index >= 15 is 0 Å². The Morgan fingerprint density at radius 3 is 2.26 bits per heavy atom. The summed E-state index contributed by atoms with van der Waals surface area (Å²) in [5, 5.41) is 0. The van der Waals surface area contributed by atoms with E-state index < -0.39 is 0 Å². The van der Waals surface area contributed by atoms with E-state index in [2.05, 4.69) is 20.8 Å². The highest BCUT2D eigenvalue weighted by Crippen LogP contribution is 2.32. The Bertz CT molecular complexity index is 271. The number of ether oxygens (including phenoxy) is 1. The molecule has 0 bridgehead atoms. The van der Waals surface area contributed by atoms with Crippen molar-refractivity contribution in [1.29, 1.82) is 0 Å². The summed E-state index contributed by atoms with van der Waals surface area (Å²) in [7, 11) is 0. The quantitative estimate of drug-likeness (QED) is 0.770. The third-order valence-electron chi connectivity index (χ3n) is 4.60. The van der Waals surface area contributed by atoms with Crippen molar-refractivity contribution in [3.8, 4) is 0 Å². The molecule has 1 amide bonds. The standard InChI is InChI=1S/C15H30N2O2/c1-4-13(5-2)11-17(6-3)14(18)15(12-16)7-9-19-10-8-15/h13H,4-12,16H2,1-3H3. The van der Waals surface area contributed by atoms with E-state index in [1.807, 2.05) is 4.90 Å². The summed E-state index contributed by atoms with van der Waals surface area (Å²) in [5.41, 5.74) is 5.55. The van der Waals surface area contributed by atoms with Crippen LogP contribution in [-0.2, 0) is 9.53 Å². The minimum Gasteiger partial charge on any atom is -0.381 e. The summed E-state index contributed by atoms with van der Waals surface area (Å²) in [5.74, 6) is 0.839. The number of carbonyl (C=O) groups excluding carboxylic acids is 1. The second kappa shape index (κ2) is 7.85. The Hall–Kier alpha value is -0.610. The maximum Gasteiger partial charge on any atom is 0.230 e. The fourth-order valence-electron chi connectivity index (χ4n) is 2.82. The van der Waals surface area contributed by atoms with E-state index in [4.69, 9.17) is 10.5 Å². The van der Waals surface area contributed by atoms with E-state index in [0.29, 0.717) is 25.7 Å². The number of rotatable bonds is 7. The summed E-state index contributed by atoms with van der Waals surface area (Å²) in [6.45, 7) is 9.84. The Kier molecular flexibility index (Phi) is 6.80. The minimum absolute atomic E-state index is 0.243. The molecule has 1 aliphatic heterocycles. The van der Waals surface area contributed by atoms with Crippen LogP contribution in [-0.4, -0.2) is 43.7 Å². The average molecular weight is 270 g/mol.